The maximum Gasteiger partial charge on any atom is 0.190 e. The predicted octanol–water partition coefficient (Wildman–Crippen LogP) is 1.91. The van der Waals surface area contributed by atoms with Crippen LogP contribution in [-0.4, -0.2) is 61.8 Å². The molecule has 0 radical (unpaired) electrons. The summed E-state index contributed by atoms with van der Waals surface area (Å²) in [7, 11) is 1.75. The highest BCUT2D eigenvalue weighted by Gasteiger charge is 2.15. The van der Waals surface area contributed by atoms with Crippen molar-refractivity contribution in [2.45, 2.75) is 25.4 Å². The lowest BCUT2D eigenvalue weighted by molar-refractivity contribution is 0.0420. The summed E-state index contributed by atoms with van der Waals surface area (Å²) in [5.41, 5.74) is 1.80. The van der Waals surface area contributed by atoms with Gasteiger partial charge < -0.3 is 20.1 Å². The lowest BCUT2D eigenvalue weighted by Gasteiger charge is -2.13. The fourth-order valence-corrected chi connectivity index (χ4v) is 2.94. The normalized spacial score (nSPS) is 17.1. The summed E-state index contributed by atoms with van der Waals surface area (Å²) >= 11 is 0. The third-order valence-corrected chi connectivity index (χ3v) is 4.49. The molecule has 1 aliphatic heterocycles. The quantitative estimate of drug-likeness (QED) is 0.389. The van der Waals surface area contributed by atoms with E-state index >= 15 is 0 Å². The monoisotopic (exact) mass is 389 g/mol. The van der Waals surface area contributed by atoms with Crippen LogP contribution in [0.5, 0.6) is 0 Å². The minimum Gasteiger partial charge on any atom is -0.379 e. The van der Waals surface area contributed by atoms with Crippen LogP contribution in [0.4, 0.5) is 4.39 Å². The first-order chi connectivity index (χ1) is 13.7. The van der Waals surface area contributed by atoms with Crippen molar-refractivity contribution in [2.24, 2.45) is 4.99 Å². The molecular weight excluding hydrogens is 361 g/mol. The maximum absolute atomic E-state index is 13.0. The topological polar surface area (TPSA) is 72.7 Å². The molecule has 1 unspecified atom stereocenters. The fraction of sp³-hybridized carbons (Fsp3) is 0.500. The molecule has 0 amide bonds. The van der Waals surface area contributed by atoms with E-state index in [4.69, 9.17) is 9.47 Å². The van der Waals surface area contributed by atoms with Gasteiger partial charge in [-0.2, -0.15) is 5.10 Å². The van der Waals surface area contributed by atoms with Gasteiger partial charge in [0.05, 0.1) is 24.1 Å². The number of benzene rings is 1. The Morgan fingerprint density at radius 2 is 2.11 bits per heavy atom. The van der Waals surface area contributed by atoms with Crippen LogP contribution < -0.4 is 10.6 Å². The average Bonchev–Trinajstić information content (AvgIpc) is 3.39. The molecule has 1 aromatic carbocycles. The Balaban J connectivity index is 1.32. The number of halogens is 1. The summed E-state index contributed by atoms with van der Waals surface area (Å²) < 4.78 is 25.8. The molecule has 3 rings (SSSR count). The van der Waals surface area contributed by atoms with E-state index in [2.05, 4.69) is 20.7 Å². The molecule has 0 aliphatic carbocycles. The Kier molecular flexibility index (Phi) is 7.81. The molecule has 152 valence electrons. The minimum atomic E-state index is -0.252. The van der Waals surface area contributed by atoms with Gasteiger partial charge in [-0.3, -0.25) is 4.99 Å². The Hall–Kier alpha value is -2.45. The summed E-state index contributed by atoms with van der Waals surface area (Å²) in [4.78, 5) is 4.23. The van der Waals surface area contributed by atoms with Crippen LogP contribution in [0.3, 0.4) is 0 Å². The highest BCUT2D eigenvalue weighted by atomic mass is 19.1. The molecule has 7 nitrogen and oxygen atoms in total. The summed E-state index contributed by atoms with van der Waals surface area (Å²) in [5, 5.41) is 11.1. The molecule has 0 bridgehead atoms. The highest BCUT2D eigenvalue weighted by molar-refractivity contribution is 5.79. The molecule has 1 saturated heterocycles. The van der Waals surface area contributed by atoms with E-state index in [9.17, 15) is 4.39 Å². The first kappa shape index (κ1) is 20.3. The van der Waals surface area contributed by atoms with Crippen molar-refractivity contribution in [1.29, 1.82) is 0 Å². The average molecular weight is 389 g/mol. The standard InChI is InChI=1S/C20H28FN5O2/c1-22-20(23-10-2-13-28-19-9-14-27-15-19)24-11-7-17-8-12-26(25-17)18-5-3-16(21)4-6-18/h3-6,8,12,19H,2,7,9-11,13-15H2,1H3,(H2,22,23,24). The summed E-state index contributed by atoms with van der Waals surface area (Å²) in [6.07, 6.45) is 4.81. The van der Waals surface area contributed by atoms with Gasteiger partial charge in [-0.1, -0.05) is 0 Å². The number of aliphatic imine (C=N–C) groups is 1. The number of nitrogens with zero attached hydrogens (tertiary/aromatic N) is 3. The van der Waals surface area contributed by atoms with Crippen LogP contribution in [0.25, 0.3) is 5.69 Å². The molecule has 0 spiro atoms. The molecule has 8 heteroatoms. The molecule has 1 aromatic heterocycles. The van der Waals surface area contributed by atoms with Gasteiger partial charge in [0.1, 0.15) is 5.82 Å². The third kappa shape index (κ3) is 6.31. The molecule has 2 heterocycles. The van der Waals surface area contributed by atoms with Crippen molar-refractivity contribution in [1.82, 2.24) is 20.4 Å². The predicted molar refractivity (Wildman–Crippen MR) is 106 cm³/mol. The van der Waals surface area contributed by atoms with E-state index < -0.39 is 0 Å². The van der Waals surface area contributed by atoms with Crippen molar-refractivity contribution in [3.8, 4) is 5.69 Å². The molecular formula is C20H28FN5O2. The molecule has 2 aromatic rings. The van der Waals surface area contributed by atoms with Crippen molar-refractivity contribution in [2.75, 3.05) is 40.0 Å². The summed E-state index contributed by atoms with van der Waals surface area (Å²) in [5.74, 6) is 0.514. The van der Waals surface area contributed by atoms with Crippen molar-refractivity contribution >= 4 is 5.96 Å². The zero-order valence-corrected chi connectivity index (χ0v) is 16.2. The summed E-state index contributed by atoms with van der Waals surface area (Å²) in [6.45, 7) is 3.76. The SMILES string of the molecule is CN=C(NCCCOC1CCOC1)NCCc1ccn(-c2ccc(F)cc2)n1. The van der Waals surface area contributed by atoms with Gasteiger partial charge in [0.15, 0.2) is 5.96 Å². The second-order valence-corrected chi connectivity index (χ2v) is 6.61. The number of ether oxygens (including phenoxy) is 2. The van der Waals surface area contributed by atoms with Gasteiger partial charge in [-0.25, -0.2) is 9.07 Å². The van der Waals surface area contributed by atoms with Crippen LogP contribution in [0.1, 0.15) is 18.5 Å². The second-order valence-electron chi connectivity index (χ2n) is 6.61. The Morgan fingerprint density at radius 1 is 1.29 bits per heavy atom. The van der Waals surface area contributed by atoms with E-state index in [0.717, 1.165) is 62.9 Å². The van der Waals surface area contributed by atoms with Crippen LogP contribution >= 0.6 is 0 Å². The Morgan fingerprint density at radius 3 is 2.86 bits per heavy atom. The van der Waals surface area contributed by atoms with Crippen LogP contribution in [0, 0.1) is 5.82 Å². The number of nitrogens with one attached hydrogen (secondary N) is 2. The fourth-order valence-electron chi connectivity index (χ4n) is 2.94. The van der Waals surface area contributed by atoms with E-state index in [-0.39, 0.29) is 11.9 Å². The first-order valence-corrected chi connectivity index (χ1v) is 9.69. The lowest BCUT2D eigenvalue weighted by atomic mass is 10.3. The van der Waals surface area contributed by atoms with E-state index in [1.165, 1.54) is 12.1 Å². The van der Waals surface area contributed by atoms with Gasteiger partial charge in [0.2, 0.25) is 0 Å². The van der Waals surface area contributed by atoms with Gasteiger partial charge in [0, 0.05) is 46.0 Å². The molecule has 1 fully saturated rings. The largest absolute Gasteiger partial charge is 0.379 e. The minimum absolute atomic E-state index is 0.252. The van der Waals surface area contributed by atoms with Crippen molar-refractivity contribution in [3.63, 3.8) is 0 Å². The highest BCUT2D eigenvalue weighted by Crippen LogP contribution is 2.09. The molecule has 1 aliphatic rings. The second kappa shape index (κ2) is 10.8. The number of hydrogen-bond acceptors (Lipinski definition) is 4. The smallest absolute Gasteiger partial charge is 0.190 e. The van der Waals surface area contributed by atoms with Gasteiger partial charge in [-0.15, -0.1) is 0 Å². The van der Waals surface area contributed by atoms with Crippen molar-refractivity contribution < 1.29 is 13.9 Å². The number of rotatable bonds is 9. The zero-order chi connectivity index (χ0) is 19.6. The number of aromatic nitrogens is 2. The lowest BCUT2D eigenvalue weighted by Crippen LogP contribution is -2.39. The number of guanidine groups is 1. The van der Waals surface area contributed by atoms with Crippen LogP contribution in [0.15, 0.2) is 41.5 Å². The van der Waals surface area contributed by atoms with Crippen molar-refractivity contribution in [3.05, 3.63) is 48.0 Å². The van der Waals surface area contributed by atoms with Gasteiger partial charge in [0.25, 0.3) is 0 Å². The van der Waals surface area contributed by atoms with Gasteiger partial charge in [-0.05, 0) is 43.2 Å². The van der Waals surface area contributed by atoms with Gasteiger partial charge >= 0.3 is 0 Å². The van der Waals surface area contributed by atoms with E-state index in [0.29, 0.717) is 6.61 Å². The molecule has 0 saturated carbocycles. The van der Waals surface area contributed by atoms with Crippen LogP contribution in [0.2, 0.25) is 0 Å². The Labute approximate surface area is 164 Å². The first-order valence-electron chi connectivity index (χ1n) is 9.69. The van der Waals surface area contributed by atoms with Crippen LogP contribution in [-0.2, 0) is 15.9 Å². The Bertz CT molecular complexity index is 741. The number of hydrogen-bond donors (Lipinski definition) is 2. The van der Waals surface area contributed by atoms with E-state index in [1.54, 1.807) is 23.9 Å². The summed E-state index contributed by atoms with van der Waals surface area (Å²) in [6, 6.07) is 8.24. The molecule has 28 heavy (non-hydrogen) atoms. The van der Waals surface area contributed by atoms with E-state index in [1.807, 2.05) is 12.3 Å². The molecule has 2 N–H and O–H groups in total. The maximum atomic E-state index is 13.0. The third-order valence-electron chi connectivity index (χ3n) is 4.49. The molecule has 1 atom stereocenters. The zero-order valence-electron chi connectivity index (χ0n) is 16.2.